The van der Waals surface area contributed by atoms with E-state index in [1.807, 2.05) is 18.2 Å². The molecule has 0 unspecified atom stereocenters. The molecule has 0 heterocycles. The van der Waals surface area contributed by atoms with E-state index in [2.05, 4.69) is 11.8 Å². The molecule has 0 aliphatic carbocycles. The van der Waals surface area contributed by atoms with Crippen molar-refractivity contribution in [3.63, 3.8) is 0 Å². The Hall–Kier alpha value is -0.910. The van der Waals surface area contributed by atoms with E-state index in [0.717, 1.165) is 5.56 Å². The SMILES string of the molecule is CC(=O)SCC#Cc1ccccc1Cl. The molecule has 3 heteroatoms. The van der Waals surface area contributed by atoms with Gasteiger partial charge in [-0.15, -0.1) is 0 Å². The third-order valence-corrected chi connectivity index (χ3v) is 2.47. The van der Waals surface area contributed by atoms with Gasteiger partial charge in [0.1, 0.15) is 0 Å². The Kier molecular flexibility index (Phi) is 4.58. The molecular weight excluding hydrogens is 216 g/mol. The van der Waals surface area contributed by atoms with Crippen LogP contribution in [-0.4, -0.2) is 10.9 Å². The fraction of sp³-hybridized carbons (Fsp3) is 0.182. The molecule has 0 fully saturated rings. The van der Waals surface area contributed by atoms with Crippen LogP contribution in [0.1, 0.15) is 12.5 Å². The Morgan fingerprint density at radius 2 is 2.21 bits per heavy atom. The Labute approximate surface area is 92.8 Å². The first kappa shape index (κ1) is 11.2. The standard InChI is InChI=1S/C11H9ClOS/c1-9(13)14-8-4-6-10-5-2-3-7-11(10)12/h2-3,5,7H,8H2,1H3. The maximum Gasteiger partial charge on any atom is 0.186 e. The zero-order valence-corrected chi connectivity index (χ0v) is 9.28. The summed E-state index contributed by atoms with van der Waals surface area (Å²) in [6.45, 7) is 1.53. The molecule has 0 atom stereocenters. The minimum atomic E-state index is 0.0819. The van der Waals surface area contributed by atoms with Gasteiger partial charge in [0.15, 0.2) is 5.12 Å². The average molecular weight is 225 g/mol. The molecule has 0 aliphatic rings. The smallest absolute Gasteiger partial charge is 0.186 e. The highest BCUT2D eigenvalue weighted by Crippen LogP contribution is 2.13. The Morgan fingerprint density at radius 3 is 2.86 bits per heavy atom. The van der Waals surface area contributed by atoms with Gasteiger partial charge in [-0.3, -0.25) is 4.79 Å². The topological polar surface area (TPSA) is 17.1 Å². The lowest BCUT2D eigenvalue weighted by atomic mass is 10.2. The largest absolute Gasteiger partial charge is 0.288 e. The van der Waals surface area contributed by atoms with Crippen LogP contribution in [0.25, 0.3) is 0 Å². The van der Waals surface area contributed by atoms with Gasteiger partial charge in [0.25, 0.3) is 0 Å². The molecule has 1 nitrogen and oxygen atoms in total. The van der Waals surface area contributed by atoms with Gasteiger partial charge in [-0.2, -0.15) is 0 Å². The molecule has 0 bridgehead atoms. The van der Waals surface area contributed by atoms with Crippen LogP contribution in [0, 0.1) is 11.8 Å². The number of hydrogen-bond donors (Lipinski definition) is 0. The molecule has 0 radical (unpaired) electrons. The minimum Gasteiger partial charge on any atom is -0.288 e. The molecular formula is C11H9ClOS. The number of benzene rings is 1. The fourth-order valence-corrected chi connectivity index (χ4v) is 1.36. The Bertz CT molecular complexity index is 390. The molecule has 0 amide bonds. The lowest BCUT2D eigenvalue weighted by Gasteiger charge is -1.92. The monoisotopic (exact) mass is 224 g/mol. The number of carbonyl (C=O) groups is 1. The normalized spacial score (nSPS) is 9.00. The van der Waals surface area contributed by atoms with Crippen LogP contribution in [0.5, 0.6) is 0 Å². The molecule has 0 saturated heterocycles. The molecule has 0 aliphatic heterocycles. The summed E-state index contributed by atoms with van der Waals surface area (Å²) in [5.74, 6) is 6.31. The highest BCUT2D eigenvalue weighted by atomic mass is 35.5. The van der Waals surface area contributed by atoms with Crippen LogP contribution in [0.3, 0.4) is 0 Å². The number of carbonyl (C=O) groups excluding carboxylic acids is 1. The molecule has 1 aromatic rings. The highest BCUT2D eigenvalue weighted by Gasteiger charge is 1.93. The molecule has 0 N–H and O–H groups in total. The van der Waals surface area contributed by atoms with E-state index >= 15 is 0 Å². The van der Waals surface area contributed by atoms with Gasteiger partial charge < -0.3 is 0 Å². The van der Waals surface area contributed by atoms with Crippen molar-refractivity contribution in [2.75, 3.05) is 5.75 Å². The second kappa shape index (κ2) is 5.74. The van der Waals surface area contributed by atoms with Crippen molar-refractivity contribution in [2.24, 2.45) is 0 Å². The van der Waals surface area contributed by atoms with Crippen LogP contribution < -0.4 is 0 Å². The predicted octanol–water partition coefficient (Wildman–Crippen LogP) is 2.97. The minimum absolute atomic E-state index is 0.0819. The first-order chi connectivity index (χ1) is 6.70. The maximum atomic E-state index is 10.6. The summed E-state index contributed by atoms with van der Waals surface area (Å²) in [5.41, 5.74) is 0.804. The third-order valence-electron chi connectivity index (χ3n) is 1.44. The van der Waals surface area contributed by atoms with Gasteiger partial charge in [-0.1, -0.05) is 47.3 Å². The van der Waals surface area contributed by atoms with E-state index in [1.54, 1.807) is 6.07 Å². The summed E-state index contributed by atoms with van der Waals surface area (Å²) in [6, 6.07) is 7.39. The molecule has 1 rings (SSSR count). The first-order valence-electron chi connectivity index (χ1n) is 4.07. The summed E-state index contributed by atoms with van der Waals surface area (Å²) in [4.78, 5) is 10.6. The highest BCUT2D eigenvalue weighted by molar-refractivity contribution is 8.13. The van der Waals surface area contributed by atoms with E-state index in [0.29, 0.717) is 10.8 Å². The number of thioether (sulfide) groups is 1. The molecule has 14 heavy (non-hydrogen) atoms. The van der Waals surface area contributed by atoms with Gasteiger partial charge in [0.05, 0.1) is 10.8 Å². The van der Waals surface area contributed by atoms with Crippen molar-refractivity contribution >= 4 is 28.5 Å². The van der Waals surface area contributed by atoms with E-state index in [1.165, 1.54) is 18.7 Å². The first-order valence-corrected chi connectivity index (χ1v) is 5.43. The summed E-state index contributed by atoms with van der Waals surface area (Å²) in [5, 5.41) is 0.728. The van der Waals surface area contributed by atoms with E-state index in [-0.39, 0.29) is 5.12 Å². The third kappa shape index (κ3) is 3.87. The van der Waals surface area contributed by atoms with E-state index in [4.69, 9.17) is 11.6 Å². The maximum absolute atomic E-state index is 10.6. The van der Waals surface area contributed by atoms with Crippen LogP contribution >= 0.6 is 23.4 Å². The fourth-order valence-electron chi connectivity index (χ4n) is 0.832. The van der Waals surface area contributed by atoms with Crippen molar-refractivity contribution in [3.05, 3.63) is 34.9 Å². The van der Waals surface area contributed by atoms with Gasteiger partial charge in [0, 0.05) is 12.5 Å². The molecule has 0 aromatic heterocycles. The molecule has 1 aromatic carbocycles. The van der Waals surface area contributed by atoms with Crippen LogP contribution in [-0.2, 0) is 4.79 Å². The number of hydrogen-bond acceptors (Lipinski definition) is 2. The summed E-state index contributed by atoms with van der Waals surface area (Å²) < 4.78 is 0. The van der Waals surface area contributed by atoms with Gasteiger partial charge in [0.2, 0.25) is 0 Å². The van der Waals surface area contributed by atoms with Crippen molar-refractivity contribution in [2.45, 2.75) is 6.92 Å². The quantitative estimate of drug-likeness (QED) is 0.683. The van der Waals surface area contributed by atoms with E-state index < -0.39 is 0 Å². The second-order valence-electron chi connectivity index (χ2n) is 2.56. The van der Waals surface area contributed by atoms with Crippen LogP contribution in [0.2, 0.25) is 5.02 Å². The van der Waals surface area contributed by atoms with Gasteiger partial charge in [-0.25, -0.2) is 0 Å². The Morgan fingerprint density at radius 1 is 1.50 bits per heavy atom. The number of halogens is 1. The lowest BCUT2D eigenvalue weighted by Crippen LogP contribution is -1.82. The zero-order chi connectivity index (χ0) is 10.4. The van der Waals surface area contributed by atoms with Crippen LogP contribution in [0.4, 0.5) is 0 Å². The zero-order valence-electron chi connectivity index (χ0n) is 7.71. The number of rotatable bonds is 1. The van der Waals surface area contributed by atoms with Crippen LogP contribution in [0.15, 0.2) is 24.3 Å². The molecule has 0 spiro atoms. The summed E-state index contributed by atoms with van der Waals surface area (Å²) >= 11 is 7.09. The van der Waals surface area contributed by atoms with Gasteiger partial charge >= 0.3 is 0 Å². The Balaban J connectivity index is 2.59. The van der Waals surface area contributed by atoms with Crippen molar-refractivity contribution in [1.82, 2.24) is 0 Å². The van der Waals surface area contributed by atoms with E-state index in [9.17, 15) is 4.79 Å². The average Bonchev–Trinajstić information content (AvgIpc) is 2.15. The van der Waals surface area contributed by atoms with Gasteiger partial charge in [-0.05, 0) is 12.1 Å². The van der Waals surface area contributed by atoms with Crippen molar-refractivity contribution in [1.29, 1.82) is 0 Å². The summed E-state index contributed by atoms with van der Waals surface area (Å²) in [6.07, 6.45) is 0. The lowest BCUT2D eigenvalue weighted by molar-refractivity contribution is -0.109. The van der Waals surface area contributed by atoms with Crippen molar-refractivity contribution in [3.8, 4) is 11.8 Å². The molecule has 0 saturated carbocycles. The summed E-state index contributed by atoms with van der Waals surface area (Å²) in [7, 11) is 0. The predicted molar refractivity (Wildman–Crippen MR) is 61.5 cm³/mol. The second-order valence-corrected chi connectivity index (χ2v) is 4.12. The van der Waals surface area contributed by atoms with Crippen molar-refractivity contribution < 1.29 is 4.79 Å². The molecule has 72 valence electrons.